The summed E-state index contributed by atoms with van der Waals surface area (Å²) >= 11 is 6.08. The van der Waals surface area contributed by atoms with Gasteiger partial charge in [-0.05, 0) is 53.6 Å². The van der Waals surface area contributed by atoms with Crippen LogP contribution < -0.4 is 0 Å². The molecule has 0 spiro atoms. The van der Waals surface area contributed by atoms with Crippen molar-refractivity contribution in [3.05, 3.63) is 106 Å². The summed E-state index contributed by atoms with van der Waals surface area (Å²) < 4.78 is 37.8. The number of carbonyl (C=O) groups excluding carboxylic acids is 2. The van der Waals surface area contributed by atoms with Crippen LogP contribution in [0.5, 0.6) is 0 Å². The molecule has 1 aliphatic heterocycles. The van der Waals surface area contributed by atoms with E-state index in [9.17, 15) is 18.4 Å². The number of benzene rings is 3. The lowest BCUT2D eigenvalue weighted by Gasteiger charge is -2.36. The molecule has 37 heavy (non-hydrogen) atoms. The second-order valence-electron chi connectivity index (χ2n) is 8.76. The van der Waals surface area contributed by atoms with Gasteiger partial charge in [0.05, 0.1) is 25.4 Å². The van der Waals surface area contributed by atoms with Crippen LogP contribution >= 0.6 is 11.6 Å². The van der Waals surface area contributed by atoms with E-state index in [4.69, 9.17) is 21.1 Å². The van der Waals surface area contributed by atoms with Crippen LogP contribution in [0, 0.1) is 11.6 Å². The first kappa shape index (κ1) is 26.7. The van der Waals surface area contributed by atoms with Gasteiger partial charge in [0.25, 0.3) is 5.91 Å². The maximum Gasteiger partial charge on any atom is 0.337 e. The monoisotopic (exact) mass is 528 g/mol. The fraction of sp³-hybridized carbons (Fsp3) is 0.286. The zero-order chi connectivity index (χ0) is 26.4. The van der Waals surface area contributed by atoms with E-state index >= 15 is 0 Å². The lowest BCUT2D eigenvalue weighted by molar-refractivity contribution is 0.00340. The predicted octanol–water partition coefficient (Wildman–Crippen LogP) is 5.12. The standard InChI is InChI=1S/C28H27ClF2N2O4/c1-36-28(35)21-4-2-19(3-5-21)18-37-26(20-6-9-23(29)10-7-20)17-32-12-14-33(15-13-32)27(34)22-8-11-24(30)25(31)16-22/h2-11,16,26H,12-15,17-18H2,1H3/t26-/m1/s1. The van der Waals surface area contributed by atoms with E-state index in [1.165, 1.54) is 13.2 Å². The van der Waals surface area contributed by atoms with Crippen molar-refractivity contribution >= 4 is 23.5 Å². The molecule has 0 N–H and O–H groups in total. The maximum absolute atomic E-state index is 13.6. The van der Waals surface area contributed by atoms with Crippen LogP contribution in [0.15, 0.2) is 66.7 Å². The zero-order valence-electron chi connectivity index (χ0n) is 20.3. The molecule has 0 aliphatic carbocycles. The molecule has 1 atom stereocenters. The number of ether oxygens (including phenoxy) is 2. The summed E-state index contributed by atoms with van der Waals surface area (Å²) in [5.41, 5.74) is 2.48. The highest BCUT2D eigenvalue weighted by molar-refractivity contribution is 6.30. The molecule has 0 bridgehead atoms. The molecule has 0 radical (unpaired) electrons. The lowest BCUT2D eigenvalue weighted by Crippen LogP contribution is -2.49. The van der Waals surface area contributed by atoms with Crippen molar-refractivity contribution in [3.8, 4) is 0 Å². The van der Waals surface area contributed by atoms with Gasteiger partial charge in [0.2, 0.25) is 0 Å². The Kier molecular flexibility index (Phi) is 8.87. The van der Waals surface area contributed by atoms with Gasteiger partial charge in [-0.15, -0.1) is 0 Å². The van der Waals surface area contributed by atoms with Gasteiger partial charge in [-0.2, -0.15) is 0 Å². The fourth-order valence-electron chi connectivity index (χ4n) is 4.16. The topological polar surface area (TPSA) is 59.1 Å². The Hall–Kier alpha value is -3.33. The number of methoxy groups -OCH3 is 1. The van der Waals surface area contributed by atoms with E-state index < -0.39 is 17.6 Å². The second kappa shape index (κ2) is 12.3. The normalized spacial score (nSPS) is 14.9. The number of carbonyl (C=O) groups is 2. The van der Waals surface area contributed by atoms with E-state index in [0.29, 0.717) is 49.9 Å². The fourth-order valence-corrected chi connectivity index (χ4v) is 4.29. The van der Waals surface area contributed by atoms with Crippen LogP contribution in [-0.4, -0.2) is 61.5 Å². The van der Waals surface area contributed by atoms with Crippen LogP contribution in [-0.2, 0) is 16.1 Å². The highest BCUT2D eigenvalue weighted by atomic mass is 35.5. The van der Waals surface area contributed by atoms with Gasteiger partial charge in [-0.25, -0.2) is 13.6 Å². The molecular weight excluding hydrogens is 502 g/mol. The van der Waals surface area contributed by atoms with Gasteiger partial charge < -0.3 is 14.4 Å². The van der Waals surface area contributed by atoms with Crippen LogP contribution in [0.1, 0.15) is 37.9 Å². The van der Waals surface area contributed by atoms with Crippen molar-refractivity contribution in [1.29, 1.82) is 0 Å². The summed E-state index contributed by atoms with van der Waals surface area (Å²) in [6, 6.07) is 17.7. The third kappa shape index (κ3) is 6.91. The first-order valence-corrected chi connectivity index (χ1v) is 12.2. The van der Waals surface area contributed by atoms with Gasteiger partial charge in [-0.1, -0.05) is 35.9 Å². The minimum Gasteiger partial charge on any atom is -0.465 e. The number of hydrogen-bond donors (Lipinski definition) is 0. The molecule has 1 saturated heterocycles. The summed E-state index contributed by atoms with van der Waals surface area (Å²) in [6.07, 6.45) is -0.258. The molecule has 0 unspecified atom stereocenters. The van der Waals surface area contributed by atoms with Crippen molar-refractivity contribution in [1.82, 2.24) is 9.80 Å². The van der Waals surface area contributed by atoms with Crippen molar-refractivity contribution < 1.29 is 27.8 Å². The lowest BCUT2D eigenvalue weighted by atomic mass is 10.1. The Morgan fingerprint density at radius 2 is 1.54 bits per heavy atom. The van der Waals surface area contributed by atoms with Gasteiger partial charge >= 0.3 is 5.97 Å². The van der Waals surface area contributed by atoms with Crippen molar-refractivity contribution in [3.63, 3.8) is 0 Å². The van der Waals surface area contributed by atoms with Crippen LogP contribution in [0.25, 0.3) is 0 Å². The molecule has 4 rings (SSSR count). The Bertz CT molecular complexity index is 1230. The molecule has 0 aromatic heterocycles. The quantitative estimate of drug-likeness (QED) is 0.380. The molecule has 6 nitrogen and oxygen atoms in total. The van der Waals surface area contributed by atoms with Crippen LogP contribution in [0.4, 0.5) is 8.78 Å². The summed E-state index contributed by atoms with van der Waals surface area (Å²) in [5.74, 6) is -2.73. The number of esters is 1. The van der Waals surface area contributed by atoms with Crippen molar-refractivity contribution in [2.24, 2.45) is 0 Å². The first-order valence-electron chi connectivity index (χ1n) is 11.8. The summed E-state index contributed by atoms with van der Waals surface area (Å²) in [4.78, 5) is 28.3. The molecule has 194 valence electrons. The Morgan fingerprint density at radius 3 is 2.16 bits per heavy atom. The van der Waals surface area contributed by atoms with Gasteiger partial charge in [0.1, 0.15) is 0 Å². The molecule has 1 fully saturated rings. The second-order valence-corrected chi connectivity index (χ2v) is 9.20. The van der Waals surface area contributed by atoms with E-state index in [0.717, 1.165) is 23.3 Å². The van der Waals surface area contributed by atoms with Crippen LogP contribution in [0.2, 0.25) is 5.02 Å². The van der Waals surface area contributed by atoms with Gasteiger partial charge in [-0.3, -0.25) is 9.69 Å². The predicted molar refractivity (Wildman–Crippen MR) is 135 cm³/mol. The van der Waals surface area contributed by atoms with Gasteiger partial charge in [0.15, 0.2) is 11.6 Å². The number of rotatable bonds is 8. The van der Waals surface area contributed by atoms with Crippen molar-refractivity contribution in [2.75, 3.05) is 39.8 Å². The third-order valence-corrected chi connectivity index (χ3v) is 6.57. The highest BCUT2D eigenvalue weighted by Crippen LogP contribution is 2.24. The van der Waals surface area contributed by atoms with Crippen LogP contribution in [0.3, 0.4) is 0 Å². The Labute approximate surface area is 219 Å². The smallest absolute Gasteiger partial charge is 0.337 e. The molecule has 0 saturated carbocycles. The van der Waals surface area contributed by atoms with E-state index in [2.05, 4.69) is 4.90 Å². The molecule has 1 aliphatic rings. The van der Waals surface area contributed by atoms with Gasteiger partial charge in [0, 0.05) is 43.3 Å². The molecule has 3 aromatic rings. The molecule has 1 amide bonds. The number of nitrogens with zero attached hydrogens (tertiary/aromatic N) is 2. The number of halogens is 3. The zero-order valence-corrected chi connectivity index (χ0v) is 21.1. The van der Waals surface area contributed by atoms with E-state index in [1.807, 2.05) is 36.4 Å². The Balaban J connectivity index is 1.38. The summed E-state index contributed by atoms with van der Waals surface area (Å²) in [6.45, 7) is 3.06. The first-order chi connectivity index (χ1) is 17.8. The summed E-state index contributed by atoms with van der Waals surface area (Å²) in [7, 11) is 1.34. The van der Waals surface area contributed by atoms with E-state index in [-0.39, 0.29) is 17.6 Å². The number of hydrogen-bond acceptors (Lipinski definition) is 5. The average molecular weight is 529 g/mol. The van der Waals surface area contributed by atoms with E-state index in [1.54, 1.807) is 17.0 Å². The highest BCUT2D eigenvalue weighted by Gasteiger charge is 2.25. The SMILES string of the molecule is COC(=O)c1ccc(CO[C@H](CN2CCN(C(=O)c3ccc(F)c(F)c3)CC2)c2ccc(Cl)cc2)cc1. The largest absolute Gasteiger partial charge is 0.465 e. The maximum atomic E-state index is 13.6. The third-order valence-electron chi connectivity index (χ3n) is 6.32. The minimum absolute atomic E-state index is 0.132. The molecule has 9 heteroatoms. The molecule has 3 aromatic carbocycles. The molecular formula is C28H27ClF2N2O4. The minimum atomic E-state index is -1.03. The van der Waals surface area contributed by atoms with Crippen molar-refractivity contribution in [2.45, 2.75) is 12.7 Å². The average Bonchev–Trinajstić information content (AvgIpc) is 2.93. The number of piperazine rings is 1. The number of amides is 1. The Morgan fingerprint density at radius 1 is 0.892 bits per heavy atom. The summed E-state index contributed by atoms with van der Waals surface area (Å²) in [5, 5.41) is 0.630. The molecule has 1 heterocycles.